The van der Waals surface area contributed by atoms with Gasteiger partial charge in [0.15, 0.2) is 0 Å². The van der Waals surface area contributed by atoms with E-state index >= 15 is 0 Å². The summed E-state index contributed by atoms with van der Waals surface area (Å²) in [6, 6.07) is 5.41. The molecule has 0 bridgehead atoms. The number of hydrogen-bond acceptors (Lipinski definition) is 2. The Balaban J connectivity index is 0.00000162. The zero-order chi connectivity index (χ0) is 12.3. The van der Waals surface area contributed by atoms with Crippen molar-refractivity contribution < 1.29 is 4.79 Å². The molecule has 100 valence electrons. The van der Waals surface area contributed by atoms with E-state index in [0.29, 0.717) is 28.2 Å². The van der Waals surface area contributed by atoms with Crippen LogP contribution in [-0.4, -0.2) is 25.0 Å². The zero-order valence-electron chi connectivity index (χ0n) is 9.71. The Morgan fingerprint density at radius 1 is 1.39 bits per heavy atom. The van der Waals surface area contributed by atoms with E-state index in [1.807, 2.05) is 0 Å². The van der Waals surface area contributed by atoms with Gasteiger partial charge in [0.05, 0.1) is 15.6 Å². The second-order valence-electron chi connectivity index (χ2n) is 4.10. The lowest BCUT2D eigenvalue weighted by Crippen LogP contribution is -2.37. The van der Waals surface area contributed by atoms with Crippen LogP contribution in [0.2, 0.25) is 10.0 Å². The highest BCUT2D eigenvalue weighted by molar-refractivity contribution is 6.39. The summed E-state index contributed by atoms with van der Waals surface area (Å²) in [7, 11) is 0. The highest BCUT2D eigenvalue weighted by Crippen LogP contribution is 2.23. The Morgan fingerprint density at radius 2 is 2.06 bits per heavy atom. The van der Waals surface area contributed by atoms with Gasteiger partial charge in [-0.2, -0.15) is 0 Å². The van der Waals surface area contributed by atoms with Gasteiger partial charge in [-0.15, -0.1) is 12.4 Å². The van der Waals surface area contributed by atoms with E-state index in [1.165, 1.54) is 0 Å². The molecule has 1 aromatic carbocycles. The van der Waals surface area contributed by atoms with Crippen LogP contribution in [-0.2, 0) is 0 Å². The molecule has 0 radical (unpaired) electrons. The van der Waals surface area contributed by atoms with Crippen molar-refractivity contribution in [1.82, 2.24) is 10.6 Å². The fourth-order valence-corrected chi connectivity index (χ4v) is 2.52. The molecule has 1 aliphatic heterocycles. The van der Waals surface area contributed by atoms with Crippen LogP contribution in [0.3, 0.4) is 0 Å². The molecule has 0 spiro atoms. The molecule has 1 aliphatic rings. The van der Waals surface area contributed by atoms with Gasteiger partial charge >= 0.3 is 0 Å². The highest BCUT2D eigenvalue weighted by atomic mass is 35.5. The van der Waals surface area contributed by atoms with E-state index in [9.17, 15) is 4.79 Å². The SMILES string of the molecule is Cl.O=C(NCC1CCCN1)c1c(Cl)cccc1Cl. The third kappa shape index (κ3) is 3.75. The minimum Gasteiger partial charge on any atom is -0.350 e. The second-order valence-corrected chi connectivity index (χ2v) is 4.91. The highest BCUT2D eigenvalue weighted by Gasteiger charge is 2.18. The third-order valence-corrected chi connectivity index (χ3v) is 3.49. The lowest BCUT2D eigenvalue weighted by Gasteiger charge is -2.12. The lowest BCUT2D eigenvalue weighted by molar-refractivity contribution is 0.0950. The summed E-state index contributed by atoms with van der Waals surface area (Å²) in [4.78, 5) is 11.9. The van der Waals surface area contributed by atoms with E-state index in [-0.39, 0.29) is 18.3 Å². The molecule has 6 heteroatoms. The molecule has 1 aromatic rings. The van der Waals surface area contributed by atoms with Gasteiger partial charge in [0.1, 0.15) is 0 Å². The molecule has 0 saturated carbocycles. The maximum atomic E-state index is 11.9. The molecule has 1 fully saturated rings. The van der Waals surface area contributed by atoms with Crippen molar-refractivity contribution in [2.75, 3.05) is 13.1 Å². The maximum Gasteiger partial charge on any atom is 0.254 e. The fraction of sp³-hybridized carbons (Fsp3) is 0.417. The molecular formula is C12H15Cl3N2O. The first-order valence-corrected chi connectivity index (χ1v) is 6.39. The van der Waals surface area contributed by atoms with Crippen molar-refractivity contribution in [2.45, 2.75) is 18.9 Å². The van der Waals surface area contributed by atoms with Gasteiger partial charge in [-0.05, 0) is 31.5 Å². The normalized spacial score (nSPS) is 18.2. The summed E-state index contributed by atoms with van der Waals surface area (Å²) in [5.74, 6) is -0.214. The maximum absolute atomic E-state index is 11.9. The first kappa shape index (κ1) is 15.6. The van der Waals surface area contributed by atoms with E-state index in [0.717, 1.165) is 19.4 Å². The van der Waals surface area contributed by atoms with E-state index in [2.05, 4.69) is 10.6 Å². The van der Waals surface area contributed by atoms with E-state index in [4.69, 9.17) is 23.2 Å². The van der Waals surface area contributed by atoms with Crippen LogP contribution in [0.4, 0.5) is 0 Å². The Hall–Kier alpha value is -0.480. The Labute approximate surface area is 123 Å². The van der Waals surface area contributed by atoms with Crippen molar-refractivity contribution in [1.29, 1.82) is 0 Å². The largest absolute Gasteiger partial charge is 0.350 e. The number of benzene rings is 1. The van der Waals surface area contributed by atoms with E-state index in [1.54, 1.807) is 18.2 Å². The molecule has 1 amide bonds. The third-order valence-electron chi connectivity index (χ3n) is 2.86. The molecule has 0 aliphatic carbocycles. The number of amides is 1. The van der Waals surface area contributed by atoms with Gasteiger partial charge < -0.3 is 10.6 Å². The quantitative estimate of drug-likeness (QED) is 0.901. The number of carbonyl (C=O) groups excluding carboxylic acids is 1. The Morgan fingerprint density at radius 3 is 2.61 bits per heavy atom. The number of halogens is 3. The van der Waals surface area contributed by atoms with Crippen molar-refractivity contribution in [3.05, 3.63) is 33.8 Å². The molecular weight excluding hydrogens is 295 g/mol. The average molecular weight is 310 g/mol. The predicted molar refractivity (Wildman–Crippen MR) is 77.1 cm³/mol. The topological polar surface area (TPSA) is 41.1 Å². The molecule has 18 heavy (non-hydrogen) atoms. The number of hydrogen-bond donors (Lipinski definition) is 2. The molecule has 0 aromatic heterocycles. The first-order chi connectivity index (χ1) is 8.18. The monoisotopic (exact) mass is 308 g/mol. The van der Waals surface area contributed by atoms with Gasteiger partial charge in [-0.25, -0.2) is 0 Å². The zero-order valence-corrected chi connectivity index (χ0v) is 12.0. The van der Waals surface area contributed by atoms with Crippen molar-refractivity contribution in [3.63, 3.8) is 0 Å². The fourth-order valence-electron chi connectivity index (χ4n) is 1.95. The van der Waals surface area contributed by atoms with Gasteiger partial charge in [-0.1, -0.05) is 29.3 Å². The second kappa shape index (κ2) is 7.19. The van der Waals surface area contributed by atoms with Crippen LogP contribution in [0.15, 0.2) is 18.2 Å². The predicted octanol–water partition coefficient (Wildman–Crippen LogP) is 2.90. The number of nitrogens with one attached hydrogen (secondary N) is 2. The molecule has 1 unspecified atom stereocenters. The number of carbonyl (C=O) groups is 1. The van der Waals surface area contributed by atoms with Crippen LogP contribution in [0, 0.1) is 0 Å². The molecule has 1 heterocycles. The van der Waals surface area contributed by atoms with Crippen LogP contribution in [0.1, 0.15) is 23.2 Å². The summed E-state index contributed by atoms with van der Waals surface area (Å²) in [6.07, 6.45) is 2.25. The summed E-state index contributed by atoms with van der Waals surface area (Å²) < 4.78 is 0. The summed E-state index contributed by atoms with van der Waals surface area (Å²) in [6.45, 7) is 1.63. The van der Waals surface area contributed by atoms with Crippen LogP contribution in [0.25, 0.3) is 0 Å². The number of rotatable bonds is 3. The first-order valence-electron chi connectivity index (χ1n) is 5.64. The van der Waals surface area contributed by atoms with Crippen molar-refractivity contribution in [2.24, 2.45) is 0 Å². The Kier molecular flexibility index (Phi) is 6.22. The minimum atomic E-state index is -0.214. The van der Waals surface area contributed by atoms with Gasteiger partial charge in [-0.3, -0.25) is 4.79 Å². The summed E-state index contributed by atoms with van der Waals surface area (Å²) >= 11 is 11.9. The summed E-state index contributed by atoms with van der Waals surface area (Å²) in [5.41, 5.74) is 0.355. The minimum absolute atomic E-state index is 0. The van der Waals surface area contributed by atoms with Gasteiger partial charge in [0, 0.05) is 12.6 Å². The van der Waals surface area contributed by atoms with Crippen LogP contribution < -0.4 is 10.6 Å². The molecule has 3 nitrogen and oxygen atoms in total. The van der Waals surface area contributed by atoms with Crippen molar-refractivity contribution in [3.8, 4) is 0 Å². The van der Waals surface area contributed by atoms with Gasteiger partial charge in [0.25, 0.3) is 5.91 Å². The molecule has 2 rings (SSSR count). The van der Waals surface area contributed by atoms with E-state index < -0.39 is 0 Å². The molecule has 1 saturated heterocycles. The molecule has 1 atom stereocenters. The van der Waals surface area contributed by atoms with Crippen LogP contribution >= 0.6 is 35.6 Å². The van der Waals surface area contributed by atoms with Crippen molar-refractivity contribution >= 4 is 41.5 Å². The Bertz CT molecular complexity index is 400. The summed E-state index contributed by atoms with van der Waals surface area (Å²) in [5, 5.41) is 6.93. The smallest absolute Gasteiger partial charge is 0.254 e. The lowest BCUT2D eigenvalue weighted by atomic mass is 10.2. The molecule has 2 N–H and O–H groups in total. The average Bonchev–Trinajstić information content (AvgIpc) is 2.79. The van der Waals surface area contributed by atoms with Crippen LogP contribution in [0.5, 0.6) is 0 Å². The standard InChI is InChI=1S/C12H14Cl2N2O.ClH/c13-9-4-1-5-10(14)11(9)12(17)16-7-8-3-2-6-15-8;/h1,4-5,8,15H,2-3,6-7H2,(H,16,17);1H. The van der Waals surface area contributed by atoms with Gasteiger partial charge in [0.2, 0.25) is 0 Å².